The lowest BCUT2D eigenvalue weighted by Gasteiger charge is -2.57. The zero-order valence-electron chi connectivity index (χ0n) is 20.8. The van der Waals surface area contributed by atoms with Crippen LogP contribution in [-0.4, -0.2) is 66.2 Å². The molecule has 6 nitrogen and oxygen atoms in total. The minimum absolute atomic E-state index is 0.0162. The van der Waals surface area contributed by atoms with Gasteiger partial charge in [0, 0.05) is 31.1 Å². The summed E-state index contributed by atoms with van der Waals surface area (Å²) in [6.45, 7) is 5.66. The molecule has 2 N–H and O–H groups in total. The number of fused-ring (bicyclic) bond motifs is 1. The van der Waals surface area contributed by atoms with Crippen molar-refractivity contribution in [2.75, 3.05) is 26.2 Å². The summed E-state index contributed by atoms with van der Waals surface area (Å²) < 4.78 is 28.9. The highest BCUT2D eigenvalue weighted by Crippen LogP contribution is 2.43. The summed E-state index contributed by atoms with van der Waals surface area (Å²) in [5.74, 6) is 0.306. The van der Waals surface area contributed by atoms with E-state index in [2.05, 4.69) is 29.2 Å². The summed E-state index contributed by atoms with van der Waals surface area (Å²) in [6.07, 6.45) is 1.70. The summed E-state index contributed by atoms with van der Waals surface area (Å²) in [6, 6.07) is 20.9. The fourth-order valence-corrected chi connectivity index (χ4v) is 7.69. The van der Waals surface area contributed by atoms with Gasteiger partial charge >= 0.3 is 0 Å². The smallest absolute Gasteiger partial charge is 0.243 e. The summed E-state index contributed by atoms with van der Waals surface area (Å²) >= 11 is 0. The number of sulfonamides is 1. The van der Waals surface area contributed by atoms with Gasteiger partial charge < -0.3 is 10.2 Å². The van der Waals surface area contributed by atoms with Crippen molar-refractivity contribution < 1.29 is 18.6 Å². The molecular weight excluding hydrogens is 472 g/mol. The van der Waals surface area contributed by atoms with Crippen LogP contribution in [0.5, 0.6) is 5.75 Å². The van der Waals surface area contributed by atoms with Gasteiger partial charge in [0.1, 0.15) is 5.75 Å². The fourth-order valence-electron chi connectivity index (χ4n) is 5.97. The number of phenols is 1. The van der Waals surface area contributed by atoms with Crippen LogP contribution >= 0.6 is 0 Å². The molecule has 3 atom stereocenters. The van der Waals surface area contributed by atoms with E-state index in [9.17, 15) is 18.6 Å². The van der Waals surface area contributed by atoms with Gasteiger partial charge in [-0.05, 0) is 79.3 Å². The van der Waals surface area contributed by atoms with Crippen molar-refractivity contribution in [2.24, 2.45) is 0 Å². The molecule has 7 heteroatoms. The molecule has 2 fully saturated rings. The molecule has 2 aliphatic rings. The third-order valence-corrected chi connectivity index (χ3v) is 9.89. The first kappa shape index (κ1) is 25.0. The van der Waals surface area contributed by atoms with Crippen molar-refractivity contribution >= 4 is 10.0 Å². The first-order chi connectivity index (χ1) is 17.3. The van der Waals surface area contributed by atoms with Gasteiger partial charge in [-0.3, -0.25) is 4.90 Å². The quantitative estimate of drug-likeness (QED) is 0.540. The highest BCUT2D eigenvalue weighted by atomic mass is 32.2. The first-order valence-electron chi connectivity index (χ1n) is 12.6. The topological polar surface area (TPSA) is 81.1 Å². The Kier molecular flexibility index (Phi) is 6.92. The van der Waals surface area contributed by atoms with Crippen molar-refractivity contribution in [3.8, 4) is 16.9 Å². The highest BCUT2D eigenvalue weighted by molar-refractivity contribution is 7.89. The Labute approximate surface area is 213 Å². The van der Waals surface area contributed by atoms with E-state index in [1.54, 1.807) is 28.6 Å². The lowest BCUT2D eigenvalue weighted by atomic mass is 9.74. The molecule has 0 radical (unpaired) electrons. The Morgan fingerprint density at radius 1 is 0.917 bits per heavy atom. The molecule has 190 valence electrons. The second kappa shape index (κ2) is 9.98. The predicted molar refractivity (Wildman–Crippen MR) is 142 cm³/mol. The molecule has 2 heterocycles. The molecule has 0 spiro atoms. The summed E-state index contributed by atoms with van der Waals surface area (Å²) in [7, 11) is -3.61. The number of benzene rings is 3. The largest absolute Gasteiger partial charge is 0.508 e. The third kappa shape index (κ3) is 4.45. The molecule has 0 saturated carbocycles. The van der Waals surface area contributed by atoms with Gasteiger partial charge in [-0.25, -0.2) is 8.42 Å². The number of aromatic hydroxyl groups is 1. The van der Waals surface area contributed by atoms with Crippen molar-refractivity contribution in [1.29, 1.82) is 0 Å². The van der Waals surface area contributed by atoms with Crippen molar-refractivity contribution in [3.05, 3.63) is 83.4 Å². The predicted octanol–water partition coefficient (Wildman–Crippen LogP) is 4.29. The van der Waals surface area contributed by atoms with Crippen LogP contribution in [0.1, 0.15) is 35.4 Å². The Balaban J connectivity index is 1.44. The van der Waals surface area contributed by atoms with E-state index >= 15 is 0 Å². The number of rotatable bonds is 5. The number of hydrogen-bond donors (Lipinski definition) is 2. The van der Waals surface area contributed by atoms with Gasteiger partial charge in [0.2, 0.25) is 10.0 Å². The van der Waals surface area contributed by atoms with Crippen molar-refractivity contribution in [3.63, 3.8) is 0 Å². The van der Waals surface area contributed by atoms with Gasteiger partial charge in [-0.2, -0.15) is 4.31 Å². The van der Waals surface area contributed by atoms with Crippen LogP contribution < -0.4 is 0 Å². The van der Waals surface area contributed by atoms with E-state index in [-0.39, 0.29) is 30.4 Å². The lowest BCUT2D eigenvalue weighted by molar-refractivity contribution is -0.0553. The molecule has 0 unspecified atom stereocenters. The second-order valence-electron chi connectivity index (χ2n) is 10.0. The molecular formula is C29H34N2O4S. The maximum absolute atomic E-state index is 13.6. The van der Waals surface area contributed by atoms with Crippen molar-refractivity contribution in [1.82, 2.24) is 9.21 Å². The van der Waals surface area contributed by atoms with Gasteiger partial charge in [-0.1, -0.05) is 48.5 Å². The van der Waals surface area contributed by atoms with Gasteiger partial charge in [0.15, 0.2) is 0 Å². The second-order valence-corrected chi connectivity index (χ2v) is 11.9. The van der Waals surface area contributed by atoms with Crippen LogP contribution in [0.25, 0.3) is 11.1 Å². The summed E-state index contributed by atoms with van der Waals surface area (Å²) in [5.41, 5.74) is 5.01. The SMILES string of the molecule is Cc1cc(O)ccc1-c1ccc([C@@H]2[C@@H](CO)N3CCCCN(S(=O)(=O)c4ccccc4C)C[C@@H]23)cc1. The molecule has 0 aromatic heterocycles. The normalized spacial score (nSPS) is 23.4. The standard InChI is InChI=1S/C29H34N2O4S/c1-20-7-3-4-8-28(20)36(34,35)30-15-5-6-16-31-26(18-30)29(27(31)19-32)23-11-9-22(10-12-23)25-14-13-24(33)17-21(25)2/h3-4,7-14,17,26-27,29,32-33H,5-6,15-16,18-19H2,1-2H3/t26-,27+,29-/m0/s1. The Hall–Kier alpha value is -2.71. The monoisotopic (exact) mass is 506 g/mol. The molecule has 3 aromatic carbocycles. The number of aliphatic hydroxyl groups is 1. The number of nitrogens with zero attached hydrogens (tertiary/aromatic N) is 2. The maximum Gasteiger partial charge on any atom is 0.243 e. The highest BCUT2D eigenvalue weighted by Gasteiger charge is 2.50. The molecule has 2 saturated heterocycles. The average molecular weight is 507 g/mol. The molecule has 0 aliphatic carbocycles. The average Bonchev–Trinajstić information content (AvgIpc) is 2.83. The Morgan fingerprint density at radius 2 is 1.64 bits per heavy atom. The maximum atomic E-state index is 13.6. The van der Waals surface area contributed by atoms with Gasteiger partial charge in [0.25, 0.3) is 0 Å². The van der Waals surface area contributed by atoms with Crippen LogP contribution in [-0.2, 0) is 10.0 Å². The molecule has 5 rings (SSSR count). The van der Waals surface area contributed by atoms with E-state index in [0.29, 0.717) is 18.0 Å². The first-order valence-corrected chi connectivity index (χ1v) is 14.1. The fraction of sp³-hybridized carbons (Fsp3) is 0.379. The van der Waals surface area contributed by atoms with E-state index in [0.717, 1.165) is 47.2 Å². The van der Waals surface area contributed by atoms with Crippen molar-refractivity contribution in [2.45, 2.75) is 49.6 Å². The Bertz CT molecular complexity index is 1340. The zero-order chi connectivity index (χ0) is 25.4. The summed E-state index contributed by atoms with van der Waals surface area (Å²) in [5, 5.41) is 20.0. The van der Waals surface area contributed by atoms with Crippen LogP contribution in [0.15, 0.2) is 71.6 Å². The third-order valence-electron chi connectivity index (χ3n) is 7.86. The number of phenolic OH excluding ortho intramolecular Hbond substituents is 1. The molecule has 2 aliphatic heterocycles. The number of hydrogen-bond acceptors (Lipinski definition) is 5. The van der Waals surface area contributed by atoms with E-state index in [4.69, 9.17) is 0 Å². The summed E-state index contributed by atoms with van der Waals surface area (Å²) in [4.78, 5) is 2.67. The van der Waals surface area contributed by atoms with Gasteiger partial charge in [-0.15, -0.1) is 0 Å². The van der Waals surface area contributed by atoms with Crippen LogP contribution in [0, 0.1) is 13.8 Å². The minimum atomic E-state index is -3.61. The van der Waals surface area contributed by atoms with E-state index in [1.807, 2.05) is 32.0 Å². The van der Waals surface area contributed by atoms with Gasteiger partial charge in [0.05, 0.1) is 11.5 Å². The molecule has 3 aromatic rings. The number of aliphatic hydroxyl groups excluding tert-OH is 1. The minimum Gasteiger partial charge on any atom is -0.508 e. The van der Waals surface area contributed by atoms with E-state index < -0.39 is 10.0 Å². The van der Waals surface area contributed by atoms with Crippen LogP contribution in [0.3, 0.4) is 0 Å². The molecule has 0 amide bonds. The lowest BCUT2D eigenvalue weighted by Crippen LogP contribution is -2.67. The number of aryl methyl sites for hydroxylation is 2. The Morgan fingerprint density at radius 3 is 2.33 bits per heavy atom. The van der Waals surface area contributed by atoms with Crippen LogP contribution in [0.2, 0.25) is 0 Å². The molecule has 0 bridgehead atoms. The molecule has 36 heavy (non-hydrogen) atoms. The van der Waals surface area contributed by atoms with E-state index in [1.165, 1.54) is 0 Å². The zero-order valence-corrected chi connectivity index (χ0v) is 21.7. The van der Waals surface area contributed by atoms with Crippen LogP contribution in [0.4, 0.5) is 0 Å².